The second-order valence-corrected chi connectivity index (χ2v) is 4.65. The minimum absolute atomic E-state index is 0.313. The van der Waals surface area contributed by atoms with Gasteiger partial charge in [-0.1, -0.05) is 41.1 Å². The quantitative estimate of drug-likeness (QED) is 0.773. The fourth-order valence-electron chi connectivity index (χ4n) is 1.60. The molecule has 88 valence electrons. The number of hydrogen-bond acceptors (Lipinski definition) is 1. The average molecular weight is 284 g/mol. The number of carbonyl (C=O) groups is 1. The first kappa shape index (κ1) is 13.2. The van der Waals surface area contributed by atoms with Crippen molar-refractivity contribution in [3.8, 4) is 0 Å². The zero-order chi connectivity index (χ0) is 11.8. The summed E-state index contributed by atoms with van der Waals surface area (Å²) in [5, 5.41) is 0. The van der Waals surface area contributed by atoms with Crippen molar-refractivity contribution in [2.75, 3.05) is 13.1 Å². The summed E-state index contributed by atoms with van der Waals surface area (Å²) >= 11 is 3.31. The van der Waals surface area contributed by atoms with E-state index < -0.39 is 0 Å². The standard InChI is InChI=1S/C7H13NO.C6H5Br/c1-2-7(9)8-5-3-4-6-8;7-6-4-2-1-3-5-6/h2-6H2,1H3;1-5H. The molecule has 0 spiro atoms. The molecule has 2 nitrogen and oxygen atoms in total. The van der Waals surface area contributed by atoms with Crippen LogP contribution in [0.25, 0.3) is 0 Å². The Morgan fingerprint density at radius 3 is 2.19 bits per heavy atom. The number of amides is 1. The molecule has 1 saturated heterocycles. The Morgan fingerprint density at radius 2 is 1.81 bits per heavy atom. The molecule has 0 saturated carbocycles. The third kappa shape index (κ3) is 4.79. The van der Waals surface area contributed by atoms with E-state index in [2.05, 4.69) is 15.9 Å². The highest BCUT2D eigenvalue weighted by Gasteiger charge is 2.14. The Bertz CT molecular complexity index is 307. The third-order valence-electron chi connectivity index (χ3n) is 2.49. The van der Waals surface area contributed by atoms with E-state index >= 15 is 0 Å². The predicted molar refractivity (Wildman–Crippen MR) is 70.2 cm³/mol. The van der Waals surface area contributed by atoms with E-state index in [1.165, 1.54) is 12.8 Å². The number of nitrogens with zero attached hydrogens (tertiary/aromatic N) is 1. The molecule has 1 aliphatic heterocycles. The van der Waals surface area contributed by atoms with Crippen LogP contribution in [0.15, 0.2) is 34.8 Å². The number of carbonyl (C=O) groups excluding carboxylic acids is 1. The van der Waals surface area contributed by atoms with Crippen molar-refractivity contribution in [1.29, 1.82) is 0 Å². The van der Waals surface area contributed by atoms with Crippen LogP contribution in [0.4, 0.5) is 0 Å². The van der Waals surface area contributed by atoms with Gasteiger partial charge in [0.15, 0.2) is 0 Å². The zero-order valence-electron chi connectivity index (χ0n) is 9.66. The van der Waals surface area contributed by atoms with Crippen LogP contribution < -0.4 is 0 Å². The molecule has 0 bridgehead atoms. The van der Waals surface area contributed by atoms with E-state index in [0.717, 1.165) is 17.6 Å². The van der Waals surface area contributed by atoms with Gasteiger partial charge in [-0.25, -0.2) is 0 Å². The molecule has 1 fully saturated rings. The van der Waals surface area contributed by atoms with Crippen molar-refractivity contribution in [2.45, 2.75) is 26.2 Å². The van der Waals surface area contributed by atoms with Gasteiger partial charge in [-0.3, -0.25) is 4.79 Å². The van der Waals surface area contributed by atoms with Crippen LogP contribution in [-0.4, -0.2) is 23.9 Å². The van der Waals surface area contributed by atoms with Crippen molar-refractivity contribution >= 4 is 21.8 Å². The van der Waals surface area contributed by atoms with Gasteiger partial charge in [0.25, 0.3) is 0 Å². The fourth-order valence-corrected chi connectivity index (χ4v) is 1.91. The zero-order valence-corrected chi connectivity index (χ0v) is 11.2. The lowest BCUT2D eigenvalue weighted by molar-refractivity contribution is -0.129. The number of likely N-dealkylation sites (tertiary alicyclic amines) is 1. The minimum Gasteiger partial charge on any atom is -0.343 e. The molecule has 1 aromatic rings. The van der Waals surface area contributed by atoms with E-state index in [1.54, 1.807) is 0 Å². The molecule has 0 atom stereocenters. The van der Waals surface area contributed by atoms with Crippen LogP contribution >= 0.6 is 15.9 Å². The molecule has 0 radical (unpaired) electrons. The Hall–Kier alpha value is -0.830. The summed E-state index contributed by atoms with van der Waals surface area (Å²) in [6.45, 7) is 3.90. The predicted octanol–water partition coefficient (Wildman–Crippen LogP) is 3.47. The number of benzene rings is 1. The van der Waals surface area contributed by atoms with Crippen molar-refractivity contribution in [3.05, 3.63) is 34.8 Å². The average Bonchev–Trinajstić information content (AvgIpc) is 2.83. The van der Waals surface area contributed by atoms with Crippen LogP contribution in [-0.2, 0) is 4.79 Å². The third-order valence-corrected chi connectivity index (χ3v) is 3.02. The van der Waals surface area contributed by atoms with Crippen molar-refractivity contribution in [3.63, 3.8) is 0 Å². The summed E-state index contributed by atoms with van der Waals surface area (Å²) in [5.74, 6) is 0.313. The largest absolute Gasteiger partial charge is 0.343 e. The smallest absolute Gasteiger partial charge is 0.222 e. The monoisotopic (exact) mass is 283 g/mol. The van der Waals surface area contributed by atoms with Gasteiger partial charge in [-0.2, -0.15) is 0 Å². The summed E-state index contributed by atoms with van der Waals surface area (Å²) in [6.07, 6.45) is 3.07. The molecule has 1 aromatic carbocycles. The first-order valence-corrected chi connectivity index (χ1v) is 6.51. The molecule has 0 N–H and O–H groups in total. The van der Waals surface area contributed by atoms with Crippen LogP contribution in [0.5, 0.6) is 0 Å². The summed E-state index contributed by atoms with van der Waals surface area (Å²) < 4.78 is 1.13. The van der Waals surface area contributed by atoms with Gasteiger partial charge < -0.3 is 4.90 Å². The van der Waals surface area contributed by atoms with E-state index in [0.29, 0.717) is 12.3 Å². The van der Waals surface area contributed by atoms with Crippen LogP contribution in [0.3, 0.4) is 0 Å². The van der Waals surface area contributed by atoms with Crippen LogP contribution in [0.1, 0.15) is 26.2 Å². The number of halogens is 1. The lowest BCUT2D eigenvalue weighted by Crippen LogP contribution is -2.26. The highest BCUT2D eigenvalue weighted by molar-refractivity contribution is 9.10. The van der Waals surface area contributed by atoms with Crippen molar-refractivity contribution < 1.29 is 4.79 Å². The first-order valence-electron chi connectivity index (χ1n) is 5.72. The summed E-state index contributed by atoms with van der Waals surface area (Å²) in [6, 6.07) is 9.97. The lowest BCUT2D eigenvalue weighted by atomic mass is 10.4. The van der Waals surface area contributed by atoms with Crippen LogP contribution in [0, 0.1) is 0 Å². The maximum atomic E-state index is 10.9. The van der Waals surface area contributed by atoms with Gasteiger partial charge >= 0.3 is 0 Å². The minimum atomic E-state index is 0.313. The van der Waals surface area contributed by atoms with Crippen LogP contribution in [0.2, 0.25) is 0 Å². The SMILES string of the molecule is Brc1ccccc1.CCC(=O)N1CCCC1. The highest BCUT2D eigenvalue weighted by atomic mass is 79.9. The number of rotatable bonds is 1. The van der Waals surface area contributed by atoms with E-state index in [-0.39, 0.29) is 0 Å². The molecular weight excluding hydrogens is 266 g/mol. The Labute approximate surface area is 106 Å². The second kappa shape index (κ2) is 7.44. The summed E-state index contributed by atoms with van der Waals surface area (Å²) in [4.78, 5) is 12.9. The van der Waals surface area contributed by atoms with Crippen molar-refractivity contribution in [1.82, 2.24) is 4.90 Å². The normalized spacial score (nSPS) is 14.2. The summed E-state index contributed by atoms with van der Waals surface area (Å²) in [7, 11) is 0. The highest BCUT2D eigenvalue weighted by Crippen LogP contribution is 2.08. The van der Waals surface area contributed by atoms with Gasteiger partial charge in [-0.05, 0) is 25.0 Å². The molecule has 2 rings (SSSR count). The summed E-state index contributed by atoms with van der Waals surface area (Å²) in [5.41, 5.74) is 0. The topological polar surface area (TPSA) is 20.3 Å². The molecule has 0 unspecified atom stereocenters. The molecule has 1 amide bonds. The first-order chi connectivity index (χ1) is 7.74. The van der Waals surface area contributed by atoms with Crippen molar-refractivity contribution in [2.24, 2.45) is 0 Å². The van der Waals surface area contributed by atoms with Gasteiger partial charge in [0.1, 0.15) is 0 Å². The molecule has 0 aromatic heterocycles. The Balaban J connectivity index is 0.000000165. The number of hydrogen-bond donors (Lipinski definition) is 0. The van der Waals surface area contributed by atoms with Gasteiger partial charge in [0.05, 0.1) is 0 Å². The molecule has 1 heterocycles. The van der Waals surface area contributed by atoms with E-state index in [1.807, 2.05) is 42.2 Å². The Morgan fingerprint density at radius 1 is 1.25 bits per heavy atom. The van der Waals surface area contributed by atoms with E-state index in [4.69, 9.17) is 0 Å². The molecular formula is C13H18BrNO. The maximum absolute atomic E-state index is 10.9. The molecule has 0 aliphatic carbocycles. The fraction of sp³-hybridized carbons (Fsp3) is 0.462. The second-order valence-electron chi connectivity index (χ2n) is 3.74. The molecule has 1 aliphatic rings. The van der Waals surface area contributed by atoms with E-state index in [9.17, 15) is 4.79 Å². The molecule has 3 heteroatoms. The Kier molecular flexibility index (Phi) is 6.16. The van der Waals surface area contributed by atoms with Gasteiger partial charge in [0.2, 0.25) is 5.91 Å². The van der Waals surface area contributed by atoms with Gasteiger partial charge in [0, 0.05) is 24.0 Å². The lowest BCUT2D eigenvalue weighted by Gasteiger charge is -2.12. The maximum Gasteiger partial charge on any atom is 0.222 e. The molecule has 16 heavy (non-hydrogen) atoms. The van der Waals surface area contributed by atoms with Gasteiger partial charge in [-0.15, -0.1) is 0 Å².